The summed E-state index contributed by atoms with van der Waals surface area (Å²) in [5, 5.41) is 3.31. The van der Waals surface area contributed by atoms with Gasteiger partial charge in [-0.15, -0.1) is 0 Å². The average Bonchev–Trinajstić information content (AvgIpc) is 3.05. The van der Waals surface area contributed by atoms with Gasteiger partial charge in [-0.1, -0.05) is 6.07 Å². The fourth-order valence-electron chi connectivity index (χ4n) is 1.99. The van der Waals surface area contributed by atoms with Crippen molar-refractivity contribution in [2.24, 2.45) is 5.92 Å². The van der Waals surface area contributed by atoms with Gasteiger partial charge >= 0.3 is 0 Å². The number of nitrogens with zero attached hydrogens (tertiary/aromatic N) is 2. The van der Waals surface area contributed by atoms with Crippen LogP contribution < -0.4 is 5.32 Å². The van der Waals surface area contributed by atoms with E-state index in [1.54, 1.807) is 0 Å². The van der Waals surface area contributed by atoms with Crippen LogP contribution in [0.25, 0.3) is 0 Å². The molecule has 1 heterocycles. The summed E-state index contributed by atoms with van der Waals surface area (Å²) >= 11 is 0. The molecule has 0 spiro atoms. The first-order valence-corrected chi connectivity index (χ1v) is 6.16. The van der Waals surface area contributed by atoms with Crippen LogP contribution in [0.1, 0.15) is 25.3 Å². The van der Waals surface area contributed by atoms with E-state index in [0.29, 0.717) is 0 Å². The van der Waals surface area contributed by atoms with Crippen molar-refractivity contribution in [2.45, 2.75) is 26.3 Å². The molecule has 16 heavy (non-hydrogen) atoms. The first-order valence-electron chi connectivity index (χ1n) is 6.16. The third kappa shape index (κ3) is 3.20. The lowest BCUT2D eigenvalue weighted by atomic mass is 10.2. The minimum absolute atomic E-state index is 0.927. The standard InChI is InChI=1S/C13H21N3/c1-3-14-13-12(5-4-8-15-13)10-16(2)9-11-6-7-11/h4-5,8,11H,3,6-7,9-10H2,1-2H3,(H,14,15). The van der Waals surface area contributed by atoms with Gasteiger partial charge in [-0.05, 0) is 38.8 Å². The van der Waals surface area contributed by atoms with E-state index in [1.165, 1.54) is 24.9 Å². The smallest absolute Gasteiger partial charge is 0.130 e. The van der Waals surface area contributed by atoms with Gasteiger partial charge in [0.1, 0.15) is 5.82 Å². The van der Waals surface area contributed by atoms with Crippen LogP contribution in [-0.2, 0) is 6.54 Å². The van der Waals surface area contributed by atoms with E-state index in [0.717, 1.165) is 24.8 Å². The highest BCUT2D eigenvalue weighted by atomic mass is 15.1. The molecule has 0 aliphatic heterocycles. The average molecular weight is 219 g/mol. The molecule has 88 valence electrons. The van der Waals surface area contributed by atoms with Gasteiger partial charge in [0.05, 0.1) is 0 Å². The topological polar surface area (TPSA) is 28.2 Å². The van der Waals surface area contributed by atoms with Gasteiger partial charge in [-0.3, -0.25) is 0 Å². The zero-order valence-electron chi connectivity index (χ0n) is 10.2. The van der Waals surface area contributed by atoms with Gasteiger partial charge in [0.15, 0.2) is 0 Å². The Hall–Kier alpha value is -1.09. The molecule has 0 aromatic carbocycles. The number of hydrogen-bond acceptors (Lipinski definition) is 3. The van der Waals surface area contributed by atoms with Gasteiger partial charge in [-0.25, -0.2) is 4.98 Å². The summed E-state index contributed by atoms with van der Waals surface area (Å²) in [6.07, 6.45) is 4.68. The van der Waals surface area contributed by atoms with Crippen molar-refractivity contribution >= 4 is 5.82 Å². The van der Waals surface area contributed by atoms with Crippen LogP contribution in [0.4, 0.5) is 5.82 Å². The minimum Gasteiger partial charge on any atom is -0.370 e. The Labute approximate surface area is 97.9 Å². The van der Waals surface area contributed by atoms with Crippen molar-refractivity contribution < 1.29 is 0 Å². The number of aromatic nitrogens is 1. The molecule has 1 fully saturated rings. The molecule has 1 aromatic heterocycles. The van der Waals surface area contributed by atoms with Crippen LogP contribution >= 0.6 is 0 Å². The molecule has 1 aliphatic rings. The van der Waals surface area contributed by atoms with Crippen molar-refractivity contribution in [3.05, 3.63) is 23.9 Å². The predicted molar refractivity (Wildman–Crippen MR) is 67.5 cm³/mol. The number of anilines is 1. The fraction of sp³-hybridized carbons (Fsp3) is 0.615. The Morgan fingerprint density at radius 2 is 2.31 bits per heavy atom. The Balaban J connectivity index is 1.95. The Kier molecular flexibility index (Phi) is 3.78. The van der Waals surface area contributed by atoms with E-state index >= 15 is 0 Å². The molecule has 3 nitrogen and oxygen atoms in total. The third-order valence-corrected chi connectivity index (χ3v) is 2.94. The molecular weight excluding hydrogens is 198 g/mol. The van der Waals surface area contributed by atoms with E-state index in [4.69, 9.17) is 0 Å². The molecule has 1 aromatic rings. The summed E-state index contributed by atoms with van der Waals surface area (Å²) in [6, 6.07) is 4.18. The molecule has 1 saturated carbocycles. The van der Waals surface area contributed by atoms with Crippen LogP contribution in [-0.4, -0.2) is 30.0 Å². The number of rotatable bonds is 6. The van der Waals surface area contributed by atoms with Crippen LogP contribution in [0, 0.1) is 5.92 Å². The first-order chi connectivity index (χ1) is 7.79. The minimum atomic E-state index is 0.927. The van der Waals surface area contributed by atoms with Crippen molar-refractivity contribution in [3.8, 4) is 0 Å². The van der Waals surface area contributed by atoms with Crippen LogP contribution in [0.2, 0.25) is 0 Å². The van der Waals surface area contributed by atoms with Crippen LogP contribution in [0.5, 0.6) is 0 Å². The highest BCUT2D eigenvalue weighted by Crippen LogP contribution is 2.29. The molecule has 1 N–H and O–H groups in total. The molecule has 0 saturated heterocycles. The van der Waals surface area contributed by atoms with Crippen molar-refractivity contribution in [3.63, 3.8) is 0 Å². The summed E-state index contributed by atoms with van der Waals surface area (Å²) in [5.41, 5.74) is 1.30. The summed E-state index contributed by atoms with van der Waals surface area (Å²) in [5.74, 6) is 1.98. The maximum absolute atomic E-state index is 4.38. The van der Waals surface area contributed by atoms with Gasteiger partial charge < -0.3 is 10.2 Å². The van der Waals surface area contributed by atoms with Crippen molar-refractivity contribution in [2.75, 3.05) is 25.5 Å². The highest BCUT2D eigenvalue weighted by Gasteiger charge is 2.22. The molecule has 0 amide bonds. The van der Waals surface area contributed by atoms with Crippen LogP contribution in [0.15, 0.2) is 18.3 Å². The summed E-state index contributed by atoms with van der Waals surface area (Å²) in [7, 11) is 2.20. The first kappa shape index (κ1) is 11.4. The molecule has 1 aliphatic carbocycles. The predicted octanol–water partition coefficient (Wildman–Crippen LogP) is 2.36. The molecule has 0 radical (unpaired) electrons. The molecule has 2 rings (SSSR count). The van der Waals surface area contributed by atoms with Gasteiger partial charge in [-0.2, -0.15) is 0 Å². The summed E-state index contributed by atoms with van der Waals surface area (Å²) in [4.78, 5) is 6.78. The molecular formula is C13H21N3. The van der Waals surface area contributed by atoms with E-state index in [1.807, 2.05) is 12.3 Å². The largest absolute Gasteiger partial charge is 0.370 e. The van der Waals surface area contributed by atoms with Crippen LogP contribution in [0.3, 0.4) is 0 Å². The molecule has 0 unspecified atom stereocenters. The second-order valence-electron chi connectivity index (χ2n) is 4.68. The summed E-state index contributed by atoms with van der Waals surface area (Å²) < 4.78 is 0. The second kappa shape index (κ2) is 5.30. The SMILES string of the molecule is CCNc1ncccc1CN(C)CC1CC1. The quantitative estimate of drug-likeness (QED) is 0.796. The van der Waals surface area contributed by atoms with Gasteiger partial charge in [0.2, 0.25) is 0 Å². The molecule has 0 atom stereocenters. The maximum Gasteiger partial charge on any atom is 0.130 e. The monoisotopic (exact) mass is 219 g/mol. The van der Waals surface area contributed by atoms with Gasteiger partial charge in [0, 0.05) is 31.4 Å². The maximum atomic E-state index is 4.38. The normalized spacial score (nSPS) is 15.4. The zero-order valence-corrected chi connectivity index (χ0v) is 10.2. The zero-order chi connectivity index (χ0) is 11.4. The fourth-order valence-corrected chi connectivity index (χ4v) is 1.99. The number of nitrogens with one attached hydrogen (secondary N) is 1. The Morgan fingerprint density at radius 1 is 1.50 bits per heavy atom. The lowest BCUT2D eigenvalue weighted by molar-refractivity contribution is 0.313. The van der Waals surface area contributed by atoms with E-state index in [9.17, 15) is 0 Å². The van der Waals surface area contributed by atoms with Crippen molar-refractivity contribution in [1.29, 1.82) is 0 Å². The lowest BCUT2D eigenvalue weighted by Gasteiger charge is -2.18. The van der Waals surface area contributed by atoms with E-state index in [-0.39, 0.29) is 0 Å². The lowest BCUT2D eigenvalue weighted by Crippen LogP contribution is -2.21. The molecule has 0 bridgehead atoms. The van der Waals surface area contributed by atoms with Gasteiger partial charge in [0.25, 0.3) is 0 Å². The number of hydrogen-bond donors (Lipinski definition) is 1. The van der Waals surface area contributed by atoms with E-state index < -0.39 is 0 Å². The van der Waals surface area contributed by atoms with Crippen molar-refractivity contribution in [1.82, 2.24) is 9.88 Å². The Bertz CT molecular complexity index is 334. The van der Waals surface area contributed by atoms with E-state index in [2.05, 4.69) is 35.2 Å². The number of pyridine rings is 1. The highest BCUT2D eigenvalue weighted by molar-refractivity contribution is 5.43. The summed E-state index contributed by atoms with van der Waals surface area (Å²) in [6.45, 7) is 5.25. The molecule has 3 heteroatoms. The second-order valence-corrected chi connectivity index (χ2v) is 4.68. The Morgan fingerprint density at radius 3 is 3.00 bits per heavy atom. The third-order valence-electron chi connectivity index (χ3n) is 2.94.